The summed E-state index contributed by atoms with van der Waals surface area (Å²) in [6.07, 6.45) is 3.60. The van der Waals surface area contributed by atoms with Crippen LogP contribution in [0.1, 0.15) is 43.7 Å². The molecule has 1 amide bonds. The monoisotopic (exact) mass is 231 g/mol. The van der Waals surface area contributed by atoms with E-state index in [2.05, 4.69) is 43.9 Å². The van der Waals surface area contributed by atoms with Gasteiger partial charge in [0.25, 0.3) is 0 Å². The van der Waals surface area contributed by atoms with Crippen molar-refractivity contribution in [3.63, 3.8) is 0 Å². The van der Waals surface area contributed by atoms with Crippen molar-refractivity contribution in [1.29, 1.82) is 0 Å². The number of hydrogen-bond donors (Lipinski definition) is 1. The van der Waals surface area contributed by atoms with Crippen LogP contribution in [0.25, 0.3) is 0 Å². The minimum Gasteiger partial charge on any atom is -0.348 e. The van der Waals surface area contributed by atoms with Gasteiger partial charge in [0.2, 0.25) is 5.91 Å². The fraction of sp³-hybridized carbons (Fsp3) is 0.400. The molecule has 0 bridgehead atoms. The maximum absolute atomic E-state index is 11.1. The first-order chi connectivity index (χ1) is 8.21. The Balaban J connectivity index is 2.71. The Labute approximate surface area is 104 Å². The molecule has 1 aromatic carbocycles. The zero-order valence-electron chi connectivity index (χ0n) is 10.7. The Hall–Kier alpha value is -1.57. The van der Waals surface area contributed by atoms with Gasteiger partial charge < -0.3 is 5.32 Å². The molecule has 1 rings (SSSR count). The highest BCUT2D eigenvalue weighted by Gasteiger charge is 2.07. The highest BCUT2D eigenvalue weighted by Crippen LogP contribution is 2.23. The van der Waals surface area contributed by atoms with E-state index >= 15 is 0 Å². The molecule has 2 heteroatoms. The fourth-order valence-corrected chi connectivity index (χ4v) is 1.98. The van der Waals surface area contributed by atoms with E-state index in [0.717, 1.165) is 18.4 Å². The van der Waals surface area contributed by atoms with E-state index in [4.69, 9.17) is 0 Å². The summed E-state index contributed by atoms with van der Waals surface area (Å²) in [6, 6.07) is 8.44. The van der Waals surface area contributed by atoms with Crippen molar-refractivity contribution in [3.8, 4) is 0 Å². The van der Waals surface area contributed by atoms with Gasteiger partial charge in [-0.15, -0.1) is 0 Å². The maximum atomic E-state index is 11.1. The average Bonchev–Trinajstić information content (AvgIpc) is 2.38. The summed E-state index contributed by atoms with van der Waals surface area (Å²) in [5.74, 6) is 0.489. The fourth-order valence-electron chi connectivity index (χ4n) is 1.98. The van der Waals surface area contributed by atoms with Crippen molar-refractivity contribution < 1.29 is 4.79 Å². The van der Waals surface area contributed by atoms with Crippen molar-refractivity contribution in [2.24, 2.45) is 0 Å². The molecular formula is C15H21NO. The van der Waals surface area contributed by atoms with E-state index in [9.17, 15) is 4.79 Å². The van der Waals surface area contributed by atoms with Gasteiger partial charge in [-0.05, 0) is 36.0 Å². The SMILES string of the molecule is C=CC(=O)NCc1cccc(C(CC)CC)c1. The van der Waals surface area contributed by atoms with Crippen LogP contribution in [0.5, 0.6) is 0 Å². The topological polar surface area (TPSA) is 29.1 Å². The molecule has 0 heterocycles. The number of benzene rings is 1. The van der Waals surface area contributed by atoms with Gasteiger partial charge in [0.1, 0.15) is 0 Å². The Bertz CT molecular complexity index is 380. The average molecular weight is 231 g/mol. The standard InChI is InChI=1S/C15H21NO/c1-4-13(5-2)14-9-7-8-12(10-14)11-16-15(17)6-3/h6-10,13H,3-5,11H2,1-2H3,(H,16,17). The summed E-state index contributed by atoms with van der Waals surface area (Å²) in [5.41, 5.74) is 2.50. The molecule has 0 radical (unpaired) electrons. The summed E-state index contributed by atoms with van der Waals surface area (Å²) in [6.45, 7) is 8.42. The Morgan fingerprint density at radius 1 is 1.41 bits per heavy atom. The lowest BCUT2D eigenvalue weighted by Crippen LogP contribution is -2.20. The van der Waals surface area contributed by atoms with Gasteiger partial charge in [-0.1, -0.05) is 44.7 Å². The van der Waals surface area contributed by atoms with E-state index in [-0.39, 0.29) is 5.91 Å². The lowest BCUT2D eigenvalue weighted by Gasteiger charge is -2.14. The molecule has 92 valence electrons. The van der Waals surface area contributed by atoms with E-state index < -0.39 is 0 Å². The first-order valence-corrected chi connectivity index (χ1v) is 6.20. The molecule has 0 unspecified atom stereocenters. The minimum atomic E-state index is -0.127. The first-order valence-electron chi connectivity index (χ1n) is 6.20. The third-order valence-corrected chi connectivity index (χ3v) is 3.06. The first kappa shape index (κ1) is 13.5. The normalized spacial score (nSPS) is 10.3. The zero-order chi connectivity index (χ0) is 12.7. The molecule has 0 aliphatic rings. The Morgan fingerprint density at radius 2 is 2.12 bits per heavy atom. The molecule has 0 aromatic heterocycles. The van der Waals surface area contributed by atoms with Gasteiger partial charge >= 0.3 is 0 Å². The van der Waals surface area contributed by atoms with E-state index in [1.165, 1.54) is 11.6 Å². The third kappa shape index (κ3) is 4.06. The molecule has 1 N–H and O–H groups in total. The molecule has 0 fully saturated rings. The van der Waals surface area contributed by atoms with Gasteiger partial charge in [-0.25, -0.2) is 0 Å². The van der Waals surface area contributed by atoms with Gasteiger partial charge in [-0.3, -0.25) is 4.79 Å². The number of amides is 1. The molecule has 1 aromatic rings. The molecule has 2 nitrogen and oxygen atoms in total. The number of carbonyl (C=O) groups excluding carboxylic acids is 1. The van der Waals surface area contributed by atoms with Gasteiger partial charge in [-0.2, -0.15) is 0 Å². The quantitative estimate of drug-likeness (QED) is 0.747. The molecule has 0 atom stereocenters. The zero-order valence-corrected chi connectivity index (χ0v) is 10.7. The van der Waals surface area contributed by atoms with E-state index in [1.807, 2.05) is 6.07 Å². The molecule has 0 aliphatic heterocycles. The molecule has 0 aliphatic carbocycles. The lowest BCUT2D eigenvalue weighted by molar-refractivity contribution is -0.116. The third-order valence-electron chi connectivity index (χ3n) is 3.06. The summed E-state index contributed by atoms with van der Waals surface area (Å²) in [4.78, 5) is 11.1. The number of nitrogens with one attached hydrogen (secondary N) is 1. The van der Waals surface area contributed by atoms with Crippen molar-refractivity contribution in [3.05, 3.63) is 48.0 Å². The van der Waals surface area contributed by atoms with Gasteiger partial charge in [0.15, 0.2) is 0 Å². The van der Waals surface area contributed by atoms with E-state index in [1.54, 1.807) is 0 Å². The summed E-state index contributed by atoms with van der Waals surface area (Å²) in [7, 11) is 0. The van der Waals surface area contributed by atoms with Crippen LogP contribution in [0.15, 0.2) is 36.9 Å². The van der Waals surface area contributed by atoms with Crippen LogP contribution in [0.2, 0.25) is 0 Å². The largest absolute Gasteiger partial charge is 0.348 e. The van der Waals surface area contributed by atoms with Crippen LogP contribution in [0.4, 0.5) is 0 Å². The van der Waals surface area contributed by atoms with Crippen LogP contribution in [0, 0.1) is 0 Å². The van der Waals surface area contributed by atoms with Crippen LogP contribution in [-0.4, -0.2) is 5.91 Å². The Kier molecular flexibility index (Phi) is 5.47. The second kappa shape index (κ2) is 6.89. The molecule has 0 saturated heterocycles. The maximum Gasteiger partial charge on any atom is 0.243 e. The molecule has 0 spiro atoms. The van der Waals surface area contributed by atoms with Crippen molar-refractivity contribution in [1.82, 2.24) is 5.32 Å². The summed E-state index contributed by atoms with van der Waals surface area (Å²) in [5, 5.41) is 2.79. The number of carbonyl (C=O) groups is 1. The molecular weight excluding hydrogens is 210 g/mol. The minimum absolute atomic E-state index is 0.127. The molecule has 17 heavy (non-hydrogen) atoms. The van der Waals surface area contributed by atoms with Crippen LogP contribution in [0.3, 0.4) is 0 Å². The predicted molar refractivity (Wildman–Crippen MR) is 71.8 cm³/mol. The highest BCUT2D eigenvalue weighted by atomic mass is 16.1. The second-order valence-corrected chi connectivity index (χ2v) is 4.18. The number of hydrogen-bond acceptors (Lipinski definition) is 1. The molecule has 0 saturated carbocycles. The lowest BCUT2D eigenvalue weighted by atomic mass is 9.93. The second-order valence-electron chi connectivity index (χ2n) is 4.18. The Morgan fingerprint density at radius 3 is 2.71 bits per heavy atom. The summed E-state index contributed by atoms with van der Waals surface area (Å²) >= 11 is 0. The highest BCUT2D eigenvalue weighted by molar-refractivity contribution is 5.86. The smallest absolute Gasteiger partial charge is 0.243 e. The van der Waals surface area contributed by atoms with Gasteiger partial charge in [0, 0.05) is 6.54 Å². The summed E-state index contributed by atoms with van der Waals surface area (Å²) < 4.78 is 0. The van der Waals surface area contributed by atoms with Crippen molar-refractivity contribution >= 4 is 5.91 Å². The van der Waals surface area contributed by atoms with Gasteiger partial charge in [0.05, 0.1) is 0 Å². The number of rotatable bonds is 6. The van der Waals surface area contributed by atoms with E-state index in [0.29, 0.717) is 12.5 Å². The van der Waals surface area contributed by atoms with Crippen LogP contribution in [-0.2, 0) is 11.3 Å². The van der Waals surface area contributed by atoms with Crippen LogP contribution >= 0.6 is 0 Å². The van der Waals surface area contributed by atoms with Crippen molar-refractivity contribution in [2.75, 3.05) is 0 Å². The predicted octanol–water partition coefficient (Wildman–Crippen LogP) is 3.39. The van der Waals surface area contributed by atoms with Crippen LogP contribution < -0.4 is 5.32 Å². The van der Waals surface area contributed by atoms with Crippen molar-refractivity contribution in [2.45, 2.75) is 39.2 Å².